The highest BCUT2D eigenvalue weighted by Gasteiger charge is 2.29. The molecule has 0 N–H and O–H groups in total. The van der Waals surface area contributed by atoms with Crippen LogP contribution in [0.5, 0.6) is 0 Å². The van der Waals surface area contributed by atoms with Gasteiger partial charge in [0.25, 0.3) is 0 Å². The Morgan fingerprint density at radius 2 is 2.12 bits per heavy atom. The number of alkyl halides is 1. The predicted octanol–water partition coefficient (Wildman–Crippen LogP) is 4.18. The highest BCUT2D eigenvalue weighted by Crippen LogP contribution is 2.37. The maximum atomic E-state index is 6.33. The van der Waals surface area contributed by atoms with Crippen molar-refractivity contribution in [2.24, 2.45) is 5.92 Å². The van der Waals surface area contributed by atoms with Gasteiger partial charge in [0.2, 0.25) is 0 Å². The normalized spacial score (nSPS) is 17.2. The first-order valence-electron chi connectivity index (χ1n) is 6.31. The second-order valence-corrected chi connectivity index (χ2v) is 5.49. The van der Waals surface area contributed by atoms with Gasteiger partial charge in [-0.3, -0.25) is 4.98 Å². The van der Waals surface area contributed by atoms with Crippen LogP contribution in [-0.2, 0) is 6.42 Å². The second-order valence-electron chi connectivity index (χ2n) is 4.93. The predicted molar refractivity (Wildman–Crippen MR) is 72.4 cm³/mol. The summed E-state index contributed by atoms with van der Waals surface area (Å²) in [5.41, 5.74) is 2.37. The number of benzene rings is 1. The number of aryl methyl sites for hydroxylation is 1. The summed E-state index contributed by atoms with van der Waals surface area (Å²) in [6, 6.07) is 10.5. The number of rotatable bonds is 4. The number of hydrogen-bond donors (Lipinski definition) is 0. The Morgan fingerprint density at radius 3 is 2.94 bits per heavy atom. The molecule has 1 atom stereocenters. The maximum absolute atomic E-state index is 6.33. The molecule has 1 aromatic heterocycles. The lowest BCUT2D eigenvalue weighted by Crippen LogP contribution is -2.03. The van der Waals surface area contributed by atoms with E-state index in [-0.39, 0.29) is 0 Å². The minimum atomic E-state index is 0.362. The monoisotopic (exact) mass is 245 g/mol. The Bertz CT molecular complexity index is 519. The van der Waals surface area contributed by atoms with Crippen LogP contribution in [0.1, 0.15) is 24.8 Å². The van der Waals surface area contributed by atoms with Crippen LogP contribution in [0.4, 0.5) is 0 Å². The van der Waals surface area contributed by atoms with Gasteiger partial charge < -0.3 is 0 Å². The van der Waals surface area contributed by atoms with E-state index in [9.17, 15) is 0 Å². The van der Waals surface area contributed by atoms with E-state index in [1.54, 1.807) is 0 Å². The third-order valence-corrected chi connectivity index (χ3v) is 4.06. The fourth-order valence-corrected chi connectivity index (χ4v) is 2.61. The molecule has 1 fully saturated rings. The Balaban J connectivity index is 1.71. The molecule has 1 aromatic carbocycles. The molecule has 88 valence electrons. The SMILES string of the molecule is ClC(CCc1cnc2ccccc2c1)C1CC1. The molecule has 0 aliphatic heterocycles. The van der Waals surface area contributed by atoms with E-state index in [1.807, 2.05) is 18.3 Å². The summed E-state index contributed by atoms with van der Waals surface area (Å²) in [5, 5.41) is 1.59. The number of nitrogens with zero attached hydrogens (tertiary/aromatic N) is 1. The second kappa shape index (κ2) is 4.66. The van der Waals surface area contributed by atoms with Crippen molar-refractivity contribution in [2.45, 2.75) is 31.1 Å². The lowest BCUT2D eigenvalue weighted by atomic mass is 10.1. The van der Waals surface area contributed by atoms with Gasteiger partial charge in [-0.25, -0.2) is 0 Å². The van der Waals surface area contributed by atoms with Gasteiger partial charge in [0, 0.05) is 17.0 Å². The highest BCUT2D eigenvalue weighted by atomic mass is 35.5. The summed E-state index contributed by atoms with van der Waals surface area (Å²) in [5.74, 6) is 0.782. The minimum absolute atomic E-state index is 0.362. The van der Waals surface area contributed by atoms with Crippen LogP contribution >= 0.6 is 11.6 Å². The van der Waals surface area contributed by atoms with Crippen molar-refractivity contribution in [3.05, 3.63) is 42.1 Å². The molecule has 17 heavy (non-hydrogen) atoms. The van der Waals surface area contributed by atoms with E-state index in [0.717, 1.165) is 24.3 Å². The van der Waals surface area contributed by atoms with Crippen molar-refractivity contribution < 1.29 is 0 Å². The zero-order valence-electron chi connectivity index (χ0n) is 9.77. The van der Waals surface area contributed by atoms with E-state index < -0.39 is 0 Å². The Morgan fingerprint density at radius 1 is 1.29 bits per heavy atom. The summed E-state index contributed by atoms with van der Waals surface area (Å²) < 4.78 is 0. The molecule has 2 heteroatoms. The first-order valence-corrected chi connectivity index (χ1v) is 6.74. The van der Waals surface area contributed by atoms with Crippen molar-refractivity contribution in [3.8, 4) is 0 Å². The van der Waals surface area contributed by atoms with Gasteiger partial charge in [-0.15, -0.1) is 11.6 Å². The van der Waals surface area contributed by atoms with Gasteiger partial charge in [-0.05, 0) is 49.3 Å². The van der Waals surface area contributed by atoms with Gasteiger partial charge in [0.15, 0.2) is 0 Å². The lowest BCUT2D eigenvalue weighted by Gasteiger charge is -2.07. The standard InChI is InChI=1S/C15H16ClN/c16-14(12-6-7-12)8-5-11-9-13-3-1-2-4-15(13)17-10-11/h1-4,9-10,12,14H,5-8H2. The molecule has 1 aliphatic carbocycles. The van der Waals surface area contributed by atoms with Crippen LogP contribution in [0.25, 0.3) is 10.9 Å². The molecule has 0 spiro atoms. The van der Waals surface area contributed by atoms with E-state index in [2.05, 4.69) is 23.2 Å². The number of para-hydroxylation sites is 1. The topological polar surface area (TPSA) is 12.9 Å². The lowest BCUT2D eigenvalue weighted by molar-refractivity contribution is 0.676. The quantitative estimate of drug-likeness (QED) is 0.737. The van der Waals surface area contributed by atoms with Gasteiger partial charge >= 0.3 is 0 Å². The van der Waals surface area contributed by atoms with Crippen LogP contribution < -0.4 is 0 Å². The Kier molecular flexibility index (Phi) is 3.02. The van der Waals surface area contributed by atoms with Crippen LogP contribution in [0, 0.1) is 5.92 Å². The van der Waals surface area contributed by atoms with Gasteiger partial charge in [-0.2, -0.15) is 0 Å². The Labute approximate surface area is 107 Å². The minimum Gasteiger partial charge on any atom is -0.256 e. The van der Waals surface area contributed by atoms with Crippen molar-refractivity contribution in [1.82, 2.24) is 4.98 Å². The fraction of sp³-hybridized carbons (Fsp3) is 0.400. The van der Waals surface area contributed by atoms with E-state index in [0.29, 0.717) is 5.38 Å². The maximum Gasteiger partial charge on any atom is 0.0702 e. The number of aromatic nitrogens is 1. The molecule has 2 aromatic rings. The van der Waals surface area contributed by atoms with Crippen LogP contribution in [0.3, 0.4) is 0 Å². The van der Waals surface area contributed by atoms with E-state index in [4.69, 9.17) is 11.6 Å². The summed E-state index contributed by atoms with van der Waals surface area (Å²) in [6.45, 7) is 0. The number of hydrogen-bond acceptors (Lipinski definition) is 1. The molecule has 0 amide bonds. The molecule has 1 unspecified atom stereocenters. The molecular weight excluding hydrogens is 230 g/mol. The number of halogens is 1. The van der Waals surface area contributed by atoms with Crippen molar-refractivity contribution in [3.63, 3.8) is 0 Å². The van der Waals surface area contributed by atoms with Crippen molar-refractivity contribution >= 4 is 22.5 Å². The number of pyridine rings is 1. The average molecular weight is 246 g/mol. The summed E-state index contributed by atoms with van der Waals surface area (Å²) in [4.78, 5) is 4.48. The van der Waals surface area contributed by atoms with Gasteiger partial charge in [-0.1, -0.05) is 18.2 Å². The van der Waals surface area contributed by atoms with Gasteiger partial charge in [0.05, 0.1) is 5.52 Å². The molecule has 3 rings (SSSR count). The molecule has 0 radical (unpaired) electrons. The first-order chi connectivity index (χ1) is 8.33. The molecule has 1 heterocycles. The van der Waals surface area contributed by atoms with Crippen molar-refractivity contribution in [1.29, 1.82) is 0 Å². The molecule has 1 nitrogen and oxygen atoms in total. The largest absolute Gasteiger partial charge is 0.256 e. The smallest absolute Gasteiger partial charge is 0.0702 e. The zero-order valence-corrected chi connectivity index (χ0v) is 10.5. The Hall–Kier alpha value is -1.08. The molecule has 0 saturated heterocycles. The summed E-state index contributed by atoms with van der Waals surface area (Å²) in [6.07, 6.45) is 6.75. The van der Waals surface area contributed by atoms with E-state index >= 15 is 0 Å². The summed E-state index contributed by atoms with van der Waals surface area (Å²) in [7, 11) is 0. The third-order valence-electron chi connectivity index (χ3n) is 3.49. The molecular formula is C15H16ClN. The number of fused-ring (bicyclic) bond motifs is 1. The van der Waals surface area contributed by atoms with Crippen molar-refractivity contribution in [2.75, 3.05) is 0 Å². The zero-order chi connectivity index (χ0) is 11.7. The van der Waals surface area contributed by atoms with Crippen LogP contribution in [0.2, 0.25) is 0 Å². The average Bonchev–Trinajstić information content (AvgIpc) is 3.20. The van der Waals surface area contributed by atoms with Gasteiger partial charge in [0.1, 0.15) is 0 Å². The third kappa shape index (κ3) is 2.61. The molecule has 1 aliphatic rings. The summed E-state index contributed by atoms with van der Waals surface area (Å²) >= 11 is 6.33. The van der Waals surface area contributed by atoms with Crippen LogP contribution in [-0.4, -0.2) is 10.4 Å². The molecule has 1 saturated carbocycles. The first kappa shape index (κ1) is 11.0. The molecule has 0 bridgehead atoms. The van der Waals surface area contributed by atoms with E-state index in [1.165, 1.54) is 23.8 Å². The fourth-order valence-electron chi connectivity index (χ4n) is 2.25. The van der Waals surface area contributed by atoms with Crippen LogP contribution in [0.15, 0.2) is 36.5 Å². The highest BCUT2D eigenvalue weighted by molar-refractivity contribution is 6.20.